The zero-order valence-electron chi connectivity index (χ0n) is 10.4. The highest BCUT2D eigenvalue weighted by atomic mass is 79.9. The SMILES string of the molecule is O=C(O)[C@H](c1c[nH]c2cc(Br)ccc12)N1CCCC1. The molecule has 100 valence electrons. The van der Waals surface area contributed by atoms with Crippen LogP contribution in [0.3, 0.4) is 0 Å². The standard InChI is InChI=1S/C14H15BrN2O2/c15-9-3-4-10-11(8-16-12(10)7-9)13(14(18)19)17-5-1-2-6-17/h3-4,7-8,13,16H,1-2,5-6H2,(H,18,19)/t13-/m0/s1. The summed E-state index contributed by atoms with van der Waals surface area (Å²) in [4.78, 5) is 16.8. The number of fused-ring (bicyclic) bond motifs is 1. The minimum Gasteiger partial charge on any atom is -0.480 e. The third kappa shape index (κ3) is 2.28. The van der Waals surface area contributed by atoms with Gasteiger partial charge in [-0.3, -0.25) is 9.69 Å². The molecule has 0 saturated carbocycles. The highest BCUT2D eigenvalue weighted by molar-refractivity contribution is 9.10. The average molecular weight is 323 g/mol. The van der Waals surface area contributed by atoms with Crippen LogP contribution < -0.4 is 0 Å². The van der Waals surface area contributed by atoms with Crippen molar-refractivity contribution in [2.45, 2.75) is 18.9 Å². The number of nitrogens with zero attached hydrogens (tertiary/aromatic N) is 1. The largest absolute Gasteiger partial charge is 0.480 e. The number of likely N-dealkylation sites (tertiary alicyclic amines) is 1. The molecule has 2 heterocycles. The molecule has 0 aliphatic carbocycles. The molecule has 4 nitrogen and oxygen atoms in total. The van der Waals surface area contributed by atoms with Crippen LogP contribution in [0, 0.1) is 0 Å². The van der Waals surface area contributed by atoms with E-state index in [0.29, 0.717) is 0 Å². The van der Waals surface area contributed by atoms with Gasteiger partial charge in [-0.15, -0.1) is 0 Å². The molecule has 1 aromatic heterocycles. The van der Waals surface area contributed by atoms with E-state index in [1.54, 1.807) is 0 Å². The van der Waals surface area contributed by atoms with E-state index in [4.69, 9.17) is 0 Å². The summed E-state index contributed by atoms with van der Waals surface area (Å²) in [6.07, 6.45) is 3.99. The van der Waals surface area contributed by atoms with Gasteiger partial charge in [0.2, 0.25) is 0 Å². The van der Waals surface area contributed by atoms with E-state index < -0.39 is 12.0 Å². The highest BCUT2D eigenvalue weighted by Crippen LogP contribution is 2.32. The van der Waals surface area contributed by atoms with Gasteiger partial charge in [-0.05, 0) is 38.1 Å². The first-order valence-electron chi connectivity index (χ1n) is 6.40. The number of carboxylic acids is 1. The Kier molecular flexibility index (Phi) is 3.33. The van der Waals surface area contributed by atoms with E-state index in [-0.39, 0.29) is 0 Å². The molecule has 1 aliphatic rings. The molecule has 0 unspecified atom stereocenters. The zero-order valence-corrected chi connectivity index (χ0v) is 12.0. The first-order chi connectivity index (χ1) is 9.16. The molecule has 1 saturated heterocycles. The van der Waals surface area contributed by atoms with Gasteiger partial charge in [0.15, 0.2) is 0 Å². The molecule has 2 N–H and O–H groups in total. The number of H-pyrrole nitrogens is 1. The Morgan fingerprint density at radius 3 is 2.79 bits per heavy atom. The Balaban J connectivity index is 2.07. The summed E-state index contributed by atoms with van der Waals surface area (Å²) in [6, 6.07) is 5.35. The molecule has 1 aliphatic heterocycles. The van der Waals surface area contributed by atoms with Crippen molar-refractivity contribution in [3.8, 4) is 0 Å². The van der Waals surface area contributed by atoms with Gasteiger partial charge >= 0.3 is 5.97 Å². The summed E-state index contributed by atoms with van der Waals surface area (Å²) < 4.78 is 0.987. The smallest absolute Gasteiger partial charge is 0.325 e. The molecule has 1 atom stereocenters. The minimum absolute atomic E-state index is 0.544. The molecular formula is C14H15BrN2O2. The molecule has 0 bridgehead atoms. The fraction of sp³-hybridized carbons (Fsp3) is 0.357. The van der Waals surface area contributed by atoms with Crippen LogP contribution in [0.4, 0.5) is 0 Å². The van der Waals surface area contributed by atoms with Crippen LogP contribution in [-0.2, 0) is 4.79 Å². The maximum Gasteiger partial charge on any atom is 0.325 e. The molecule has 0 spiro atoms. The number of hydrogen-bond donors (Lipinski definition) is 2. The van der Waals surface area contributed by atoms with E-state index in [1.165, 1.54) is 0 Å². The average Bonchev–Trinajstić information content (AvgIpc) is 2.99. The highest BCUT2D eigenvalue weighted by Gasteiger charge is 2.31. The van der Waals surface area contributed by atoms with Crippen LogP contribution in [0.5, 0.6) is 0 Å². The lowest BCUT2D eigenvalue weighted by Gasteiger charge is -2.23. The molecule has 1 aromatic carbocycles. The number of benzene rings is 1. The second-order valence-corrected chi connectivity index (χ2v) is 5.83. The number of halogens is 1. The summed E-state index contributed by atoms with van der Waals surface area (Å²) in [5, 5.41) is 10.5. The predicted molar refractivity (Wildman–Crippen MR) is 77.2 cm³/mol. The van der Waals surface area contributed by atoms with Crippen molar-refractivity contribution in [3.63, 3.8) is 0 Å². The second-order valence-electron chi connectivity index (χ2n) is 4.92. The lowest BCUT2D eigenvalue weighted by atomic mass is 10.0. The lowest BCUT2D eigenvalue weighted by molar-refractivity contribution is -0.143. The van der Waals surface area contributed by atoms with Crippen LogP contribution in [0.2, 0.25) is 0 Å². The number of nitrogens with one attached hydrogen (secondary N) is 1. The number of aromatic nitrogens is 1. The molecule has 3 rings (SSSR count). The van der Waals surface area contributed by atoms with Gasteiger partial charge in [0.25, 0.3) is 0 Å². The van der Waals surface area contributed by atoms with Gasteiger partial charge in [0.1, 0.15) is 6.04 Å². The summed E-state index contributed by atoms with van der Waals surface area (Å²) in [5.41, 5.74) is 1.83. The van der Waals surface area contributed by atoms with E-state index in [1.807, 2.05) is 29.3 Å². The number of aromatic amines is 1. The number of aliphatic carboxylic acids is 1. The third-order valence-corrected chi connectivity index (χ3v) is 4.20. The Morgan fingerprint density at radius 2 is 2.11 bits per heavy atom. The third-order valence-electron chi connectivity index (χ3n) is 3.71. The monoisotopic (exact) mass is 322 g/mol. The lowest BCUT2D eigenvalue weighted by Crippen LogP contribution is -2.31. The van der Waals surface area contributed by atoms with Crippen LogP contribution in [0.25, 0.3) is 10.9 Å². The van der Waals surface area contributed by atoms with Gasteiger partial charge < -0.3 is 10.1 Å². The number of rotatable bonds is 3. The summed E-state index contributed by atoms with van der Waals surface area (Å²) >= 11 is 3.43. The van der Waals surface area contributed by atoms with Crippen molar-refractivity contribution in [1.29, 1.82) is 0 Å². The van der Waals surface area contributed by atoms with Crippen molar-refractivity contribution in [3.05, 3.63) is 34.4 Å². The number of hydrogen-bond acceptors (Lipinski definition) is 2. The van der Waals surface area contributed by atoms with Crippen molar-refractivity contribution in [1.82, 2.24) is 9.88 Å². The molecule has 2 aromatic rings. The maximum atomic E-state index is 11.6. The Labute approximate surface area is 119 Å². The molecule has 0 amide bonds. The van der Waals surface area contributed by atoms with Crippen LogP contribution >= 0.6 is 15.9 Å². The second kappa shape index (κ2) is 4.98. The summed E-state index contributed by atoms with van der Waals surface area (Å²) in [5.74, 6) is -0.772. The topological polar surface area (TPSA) is 56.3 Å². The van der Waals surface area contributed by atoms with Crippen LogP contribution in [0.15, 0.2) is 28.9 Å². The van der Waals surface area contributed by atoms with Crippen molar-refractivity contribution >= 4 is 32.8 Å². The molecule has 1 fully saturated rings. The fourth-order valence-corrected chi connectivity index (χ4v) is 3.19. The Morgan fingerprint density at radius 1 is 1.37 bits per heavy atom. The zero-order chi connectivity index (χ0) is 13.4. The summed E-state index contributed by atoms with van der Waals surface area (Å²) in [7, 11) is 0. The van der Waals surface area contributed by atoms with Gasteiger partial charge in [0, 0.05) is 27.1 Å². The normalized spacial score (nSPS) is 17.9. The van der Waals surface area contributed by atoms with Crippen molar-refractivity contribution in [2.75, 3.05) is 13.1 Å². The van der Waals surface area contributed by atoms with Crippen LogP contribution in [-0.4, -0.2) is 34.0 Å². The van der Waals surface area contributed by atoms with Gasteiger partial charge in [-0.1, -0.05) is 22.0 Å². The minimum atomic E-state index is -0.772. The summed E-state index contributed by atoms with van der Waals surface area (Å²) in [6.45, 7) is 1.72. The molecule has 5 heteroatoms. The van der Waals surface area contributed by atoms with Gasteiger partial charge in [-0.25, -0.2) is 0 Å². The number of carboxylic acid groups (broad SMARTS) is 1. The van der Waals surface area contributed by atoms with Crippen molar-refractivity contribution < 1.29 is 9.90 Å². The first-order valence-corrected chi connectivity index (χ1v) is 7.19. The molecule has 0 radical (unpaired) electrons. The quantitative estimate of drug-likeness (QED) is 0.912. The maximum absolute atomic E-state index is 11.6. The van der Waals surface area contributed by atoms with E-state index >= 15 is 0 Å². The number of carbonyl (C=O) groups is 1. The Bertz CT molecular complexity index is 617. The van der Waals surface area contributed by atoms with Gasteiger partial charge in [-0.2, -0.15) is 0 Å². The van der Waals surface area contributed by atoms with Gasteiger partial charge in [0.05, 0.1) is 0 Å². The predicted octanol–water partition coefficient (Wildman–Crippen LogP) is 3.15. The van der Waals surface area contributed by atoms with E-state index in [2.05, 4.69) is 20.9 Å². The fourth-order valence-electron chi connectivity index (χ4n) is 2.83. The van der Waals surface area contributed by atoms with Crippen molar-refractivity contribution in [2.24, 2.45) is 0 Å². The first kappa shape index (κ1) is 12.7. The van der Waals surface area contributed by atoms with E-state index in [0.717, 1.165) is 46.9 Å². The molecular weight excluding hydrogens is 308 g/mol. The van der Waals surface area contributed by atoms with Crippen LogP contribution in [0.1, 0.15) is 24.4 Å². The molecule has 19 heavy (non-hydrogen) atoms. The Hall–Kier alpha value is -1.33. The van der Waals surface area contributed by atoms with E-state index in [9.17, 15) is 9.90 Å².